The third-order valence-electron chi connectivity index (χ3n) is 2.45. The second kappa shape index (κ2) is 5.29. The molecule has 90 valence electrons. The normalized spacial score (nSPS) is 12.8. The van der Waals surface area contributed by atoms with Crippen molar-refractivity contribution >= 4 is 50.5 Å². The largest absolute Gasteiger partial charge is 0.383 e. The molecule has 1 heterocycles. The van der Waals surface area contributed by atoms with Crippen molar-refractivity contribution in [3.63, 3.8) is 0 Å². The van der Waals surface area contributed by atoms with Crippen molar-refractivity contribution in [2.24, 2.45) is 0 Å². The van der Waals surface area contributed by atoms with Crippen LogP contribution in [0.3, 0.4) is 0 Å². The van der Waals surface area contributed by atoms with E-state index < -0.39 is 6.10 Å². The van der Waals surface area contributed by atoms with Crippen molar-refractivity contribution < 1.29 is 5.11 Å². The zero-order valence-corrected chi connectivity index (χ0v) is 12.8. The predicted octanol–water partition coefficient (Wildman–Crippen LogP) is 5.21. The van der Waals surface area contributed by atoms with E-state index in [1.54, 1.807) is 6.07 Å². The van der Waals surface area contributed by atoms with E-state index in [0.29, 0.717) is 9.36 Å². The van der Waals surface area contributed by atoms with Gasteiger partial charge in [-0.2, -0.15) is 0 Å². The van der Waals surface area contributed by atoms with Gasteiger partial charge in [0, 0.05) is 14.4 Å². The average Bonchev–Trinajstić information content (AvgIpc) is 2.62. The van der Waals surface area contributed by atoms with Gasteiger partial charge in [-0.15, -0.1) is 11.3 Å². The molecule has 1 aromatic heterocycles. The second-order valence-corrected chi connectivity index (χ2v) is 6.63. The summed E-state index contributed by atoms with van der Waals surface area (Å²) in [5.74, 6) is 0. The zero-order valence-electron chi connectivity index (χ0n) is 8.88. The molecule has 1 nitrogen and oxygen atoms in total. The fourth-order valence-electron chi connectivity index (χ4n) is 1.44. The minimum Gasteiger partial charge on any atom is -0.383 e. The molecule has 0 saturated heterocycles. The van der Waals surface area contributed by atoms with Crippen molar-refractivity contribution in [2.45, 2.75) is 13.0 Å². The quantitative estimate of drug-likeness (QED) is 0.787. The van der Waals surface area contributed by atoms with Gasteiger partial charge in [-0.1, -0.05) is 35.3 Å². The van der Waals surface area contributed by atoms with Crippen LogP contribution < -0.4 is 0 Å². The number of aliphatic hydroxyl groups excluding tert-OH is 1. The lowest BCUT2D eigenvalue weighted by Gasteiger charge is -2.10. The highest BCUT2D eigenvalue weighted by Crippen LogP contribution is 2.37. The monoisotopic (exact) mass is 350 g/mol. The summed E-state index contributed by atoms with van der Waals surface area (Å²) in [5, 5.41) is 10.9. The van der Waals surface area contributed by atoms with Crippen LogP contribution in [-0.4, -0.2) is 5.11 Å². The van der Waals surface area contributed by atoms with Crippen molar-refractivity contribution in [1.82, 2.24) is 0 Å². The summed E-state index contributed by atoms with van der Waals surface area (Å²) in [6.07, 6.45) is -0.693. The van der Waals surface area contributed by atoms with Crippen LogP contribution in [0.25, 0.3) is 0 Å². The smallest absolute Gasteiger partial charge is 0.113 e. The molecule has 1 unspecified atom stereocenters. The Hall–Kier alpha value is -0.0600. The van der Waals surface area contributed by atoms with Crippen LogP contribution in [0.1, 0.15) is 22.1 Å². The van der Waals surface area contributed by atoms with Crippen molar-refractivity contribution in [1.29, 1.82) is 0 Å². The van der Waals surface area contributed by atoms with Crippen LogP contribution in [0.4, 0.5) is 0 Å². The second-order valence-electron chi connectivity index (χ2n) is 3.68. The van der Waals surface area contributed by atoms with Gasteiger partial charge < -0.3 is 5.11 Å². The topological polar surface area (TPSA) is 20.2 Å². The summed E-state index contributed by atoms with van der Waals surface area (Å²) in [6, 6.07) is 7.37. The lowest BCUT2D eigenvalue weighted by Crippen LogP contribution is -1.97. The minimum absolute atomic E-state index is 0.636. The summed E-state index contributed by atoms with van der Waals surface area (Å²) in [4.78, 5) is 0.793. The van der Waals surface area contributed by atoms with Crippen LogP contribution in [0.2, 0.25) is 9.36 Å². The highest BCUT2D eigenvalue weighted by atomic mass is 79.9. The first-order chi connectivity index (χ1) is 7.99. The van der Waals surface area contributed by atoms with Crippen molar-refractivity contribution in [3.8, 4) is 0 Å². The molecule has 1 atom stereocenters. The average molecular weight is 352 g/mol. The molecule has 2 aromatic rings. The predicted molar refractivity (Wildman–Crippen MR) is 77.3 cm³/mol. The number of aliphatic hydroxyl groups is 1. The Bertz CT molecular complexity index is 534. The first-order valence-electron chi connectivity index (χ1n) is 4.88. The number of halogens is 3. The molecule has 0 aliphatic rings. The molecule has 1 aromatic carbocycles. The van der Waals surface area contributed by atoms with Crippen LogP contribution >= 0.6 is 50.5 Å². The van der Waals surface area contributed by atoms with Gasteiger partial charge in [-0.05, 0) is 46.1 Å². The summed E-state index contributed by atoms with van der Waals surface area (Å²) in [6.45, 7) is 1.93. The fourth-order valence-corrected chi connectivity index (χ4v) is 3.38. The first kappa shape index (κ1) is 13.4. The van der Waals surface area contributed by atoms with E-state index in [1.165, 1.54) is 11.3 Å². The van der Waals surface area contributed by atoms with Crippen LogP contribution in [-0.2, 0) is 0 Å². The van der Waals surface area contributed by atoms with Gasteiger partial charge in [0.15, 0.2) is 0 Å². The highest BCUT2D eigenvalue weighted by Gasteiger charge is 2.15. The molecule has 17 heavy (non-hydrogen) atoms. The van der Waals surface area contributed by atoms with Crippen LogP contribution in [0.5, 0.6) is 0 Å². The zero-order chi connectivity index (χ0) is 12.6. The molecule has 0 saturated carbocycles. The van der Waals surface area contributed by atoms with Gasteiger partial charge in [-0.25, -0.2) is 0 Å². The van der Waals surface area contributed by atoms with Gasteiger partial charge in [-0.3, -0.25) is 0 Å². The van der Waals surface area contributed by atoms with Gasteiger partial charge in [0.1, 0.15) is 10.4 Å². The molecular formula is C12H9BrCl2OS. The van der Waals surface area contributed by atoms with Gasteiger partial charge in [0.2, 0.25) is 0 Å². The molecule has 0 bridgehead atoms. The molecule has 1 N–H and O–H groups in total. The number of hydrogen-bond donors (Lipinski definition) is 1. The summed E-state index contributed by atoms with van der Waals surface area (Å²) in [5.41, 5.74) is 1.76. The Kier molecular flexibility index (Phi) is 4.16. The number of benzene rings is 1. The molecule has 2 rings (SSSR count). The Morgan fingerprint density at radius 1 is 1.29 bits per heavy atom. The first-order valence-corrected chi connectivity index (χ1v) is 7.24. The lowest BCUT2D eigenvalue weighted by atomic mass is 10.1. The van der Waals surface area contributed by atoms with E-state index in [0.717, 1.165) is 20.5 Å². The maximum absolute atomic E-state index is 10.2. The minimum atomic E-state index is -0.693. The Balaban J connectivity index is 2.36. The summed E-state index contributed by atoms with van der Waals surface area (Å²) < 4.78 is 1.44. The van der Waals surface area contributed by atoms with E-state index in [1.807, 2.05) is 25.1 Å². The number of aryl methyl sites for hydroxylation is 1. The molecular weight excluding hydrogens is 343 g/mol. The Morgan fingerprint density at radius 2 is 2.00 bits per heavy atom. The van der Waals surface area contributed by atoms with E-state index >= 15 is 0 Å². The van der Waals surface area contributed by atoms with Gasteiger partial charge in [0.05, 0.1) is 0 Å². The molecule has 0 radical (unpaired) electrons. The number of thiophene rings is 1. The van der Waals surface area contributed by atoms with Gasteiger partial charge >= 0.3 is 0 Å². The van der Waals surface area contributed by atoms with E-state index in [9.17, 15) is 5.11 Å². The van der Waals surface area contributed by atoms with E-state index in [4.69, 9.17) is 23.2 Å². The third-order valence-corrected chi connectivity index (χ3v) is 5.38. The summed E-state index contributed by atoms with van der Waals surface area (Å²) in [7, 11) is 0. The third kappa shape index (κ3) is 2.85. The Labute approximate surface area is 122 Å². The highest BCUT2D eigenvalue weighted by molar-refractivity contribution is 9.10. The Morgan fingerprint density at radius 3 is 2.53 bits per heavy atom. The molecule has 0 aliphatic carbocycles. The molecule has 5 heteroatoms. The fraction of sp³-hybridized carbons (Fsp3) is 0.167. The molecule has 0 fully saturated rings. The van der Waals surface area contributed by atoms with Crippen molar-refractivity contribution in [3.05, 3.63) is 54.1 Å². The van der Waals surface area contributed by atoms with Crippen LogP contribution in [0, 0.1) is 6.92 Å². The molecule has 0 amide bonds. The lowest BCUT2D eigenvalue weighted by molar-refractivity contribution is 0.224. The molecule has 0 aliphatic heterocycles. The standard InChI is InChI=1S/C12H9BrCl2OS/c1-6-2-3-7(4-9(6)14)11(16)10-5-8(13)12(15)17-10/h2-5,11,16H,1H3. The van der Waals surface area contributed by atoms with E-state index in [-0.39, 0.29) is 0 Å². The van der Waals surface area contributed by atoms with Crippen LogP contribution in [0.15, 0.2) is 28.7 Å². The van der Waals surface area contributed by atoms with Gasteiger partial charge in [0.25, 0.3) is 0 Å². The van der Waals surface area contributed by atoms with E-state index in [2.05, 4.69) is 15.9 Å². The van der Waals surface area contributed by atoms with Crippen molar-refractivity contribution in [2.75, 3.05) is 0 Å². The number of hydrogen-bond acceptors (Lipinski definition) is 2. The summed E-state index contributed by atoms with van der Waals surface area (Å²) >= 11 is 16.7. The SMILES string of the molecule is Cc1ccc(C(O)c2cc(Br)c(Cl)s2)cc1Cl. The maximum atomic E-state index is 10.2. The molecule has 0 spiro atoms. The maximum Gasteiger partial charge on any atom is 0.113 e. The number of rotatable bonds is 2.